The molecule has 7 heteroatoms. The Morgan fingerprint density at radius 3 is 2.57 bits per heavy atom. The third-order valence-corrected chi connectivity index (χ3v) is 3.79. The maximum atomic E-state index is 11.7. The van der Waals surface area contributed by atoms with Crippen molar-refractivity contribution in [1.82, 2.24) is 0 Å². The zero-order chi connectivity index (χ0) is 14.9. The number of ether oxygens (including phenoxy) is 2. The van der Waals surface area contributed by atoms with Crippen LogP contribution in [0.1, 0.15) is 32.1 Å². The fourth-order valence-corrected chi connectivity index (χ4v) is 2.55. The van der Waals surface area contributed by atoms with Gasteiger partial charge in [-0.3, -0.25) is 5.04 Å². The van der Waals surface area contributed by atoms with Crippen LogP contribution in [0.4, 0.5) is 0 Å². The van der Waals surface area contributed by atoms with Gasteiger partial charge in [0, 0.05) is 4.90 Å². The lowest BCUT2D eigenvalue weighted by molar-refractivity contribution is -0.777. The van der Waals surface area contributed by atoms with E-state index in [4.69, 9.17) is 9.47 Å². The standard InChI is InChI=1S/C14H18O6S/c15-14(10-17-11-4-2-1-3-5-11)18-12-6-8-13(9-7-12)21-20-19-16/h6-9,11,16H,1-5,10H2/p-1. The Labute approximate surface area is 127 Å². The normalized spacial score (nSPS) is 15.9. The Kier molecular flexibility index (Phi) is 6.98. The maximum Gasteiger partial charge on any atom is 0.337 e. The van der Waals surface area contributed by atoms with Gasteiger partial charge in [0.1, 0.15) is 12.4 Å². The second-order valence-electron chi connectivity index (χ2n) is 4.74. The Bertz CT molecular complexity index is 430. The highest BCUT2D eigenvalue weighted by Gasteiger charge is 2.15. The van der Waals surface area contributed by atoms with Crippen LogP contribution in [0.2, 0.25) is 0 Å². The van der Waals surface area contributed by atoms with Crippen LogP contribution in [0.15, 0.2) is 29.2 Å². The van der Waals surface area contributed by atoms with Crippen molar-refractivity contribution in [2.75, 3.05) is 6.61 Å². The molecule has 1 aromatic rings. The van der Waals surface area contributed by atoms with E-state index in [1.807, 2.05) is 0 Å². The first-order valence-electron chi connectivity index (χ1n) is 6.83. The summed E-state index contributed by atoms with van der Waals surface area (Å²) in [5.41, 5.74) is 0. The molecule has 0 spiro atoms. The van der Waals surface area contributed by atoms with Gasteiger partial charge in [-0.2, -0.15) is 4.33 Å². The first kappa shape index (κ1) is 16.3. The van der Waals surface area contributed by atoms with E-state index in [1.165, 1.54) is 6.42 Å². The number of hydrogen-bond acceptors (Lipinski definition) is 7. The van der Waals surface area contributed by atoms with Gasteiger partial charge < -0.3 is 14.7 Å². The molecule has 0 aliphatic heterocycles. The zero-order valence-corrected chi connectivity index (χ0v) is 12.3. The molecule has 1 aliphatic rings. The van der Waals surface area contributed by atoms with Crippen molar-refractivity contribution in [3.05, 3.63) is 24.3 Å². The van der Waals surface area contributed by atoms with E-state index < -0.39 is 5.97 Å². The number of benzene rings is 1. The molecule has 0 heterocycles. The molecule has 0 bridgehead atoms. The molecule has 0 aromatic heterocycles. The topological polar surface area (TPSA) is 77.1 Å². The highest BCUT2D eigenvalue weighted by atomic mass is 32.2. The number of esters is 1. The number of carbonyl (C=O) groups excluding carboxylic acids is 1. The van der Waals surface area contributed by atoms with Crippen LogP contribution in [0.3, 0.4) is 0 Å². The zero-order valence-electron chi connectivity index (χ0n) is 11.5. The Balaban J connectivity index is 1.71. The van der Waals surface area contributed by atoms with Crippen LogP contribution in [-0.2, 0) is 18.9 Å². The number of carbonyl (C=O) groups is 1. The summed E-state index contributed by atoms with van der Waals surface area (Å²) in [5, 5.41) is 12.9. The minimum atomic E-state index is -0.417. The smallest absolute Gasteiger partial charge is 0.337 e. The van der Waals surface area contributed by atoms with Crippen molar-refractivity contribution in [2.45, 2.75) is 43.1 Å². The van der Waals surface area contributed by atoms with Gasteiger partial charge in [0.25, 0.3) is 0 Å². The molecular weight excluding hydrogens is 296 g/mol. The van der Waals surface area contributed by atoms with E-state index in [1.54, 1.807) is 24.3 Å². The van der Waals surface area contributed by atoms with E-state index in [2.05, 4.69) is 9.37 Å². The second-order valence-corrected chi connectivity index (χ2v) is 5.51. The van der Waals surface area contributed by atoms with Gasteiger partial charge >= 0.3 is 5.97 Å². The SMILES string of the molecule is O=C(COC1CCCCC1)Oc1ccc(SOO[O-])cc1. The summed E-state index contributed by atoms with van der Waals surface area (Å²) in [6.45, 7) is -0.0334. The number of hydrogen-bond donors (Lipinski definition) is 0. The van der Waals surface area contributed by atoms with Crippen molar-refractivity contribution in [3.8, 4) is 5.75 Å². The lowest BCUT2D eigenvalue weighted by atomic mass is 9.98. The Morgan fingerprint density at radius 2 is 1.90 bits per heavy atom. The summed E-state index contributed by atoms with van der Waals surface area (Å²) in [6.07, 6.45) is 5.77. The molecule has 116 valence electrons. The van der Waals surface area contributed by atoms with E-state index in [0.717, 1.165) is 37.7 Å². The highest BCUT2D eigenvalue weighted by molar-refractivity contribution is 7.94. The monoisotopic (exact) mass is 313 g/mol. The summed E-state index contributed by atoms with van der Waals surface area (Å²) in [5.74, 6) is -0.000228. The molecule has 0 N–H and O–H groups in total. The lowest BCUT2D eigenvalue weighted by Crippen LogP contribution is -2.23. The summed E-state index contributed by atoms with van der Waals surface area (Å²) in [7, 11) is 0. The van der Waals surface area contributed by atoms with Crippen LogP contribution in [0.5, 0.6) is 5.75 Å². The van der Waals surface area contributed by atoms with E-state index in [9.17, 15) is 10.1 Å². The minimum Gasteiger partial charge on any atom is -0.691 e. The summed E-state index contributed by atoms with van der Waals surface area (Å²) in [6, 6.07) is 6.51. The summed E-state index contributed by atoms with van der Waals surface area (Å²) >= 11 is 0.777. The molecule has 0 saturated heterocycles. The fraction of sp³-hybridized carbons (Fsp3) is 0.500. The van der Waals surface area contributed by atoms with Crippen LogP contribution < -0.4 is 9.99 Å². The molecular formula is C14H17O6S-. The van der Waals surface area contributed by atoms with Crippen LogP contribution in [-0.4, -0.2) is 18.7 Å². The molecule has 0 radical (unpaired) electrons. The average Bonchev–Trinajstić information content (AvgIpc) is 2.53. The highest BCUT2D eigenvalue weighted by Crippen LogP contribution is 2.22. The van der Waals surface area contributed by atoms with Crippen molar-refractivity contribution in [2.24, 2.45) is 0 Å². The van der Waals surface area contributed by atoms with Gasteiger partial charge in [0.05, 0.1) is 18.1 Å². The van der Waals surface area contributed by atoms with Crippen molar-refractivity contribution in [1.29, 1.82) is 0 Å². The molecule has 0 unspecified atom stereocenters. The van der Waals surface area contributed by atoms with Gasteiger partial charge in [-0.1, -0.05) is 19.3 Å². The van der Waals surface area contributed by atoms with Crippen LogP contribution >= 0.6 is 12.0 Å². The van der Waals surface area contributed by atoms with Crippen LogP contribution in [0, 0.1) is 0 Å². The molecule has 1 fully saturated rings. The predicted molar refractivity (Wildman–Crippen MR) is 72.9 cm³/mol. The summed E-state index contributed by atoms with van der Waals surface area (Å²) in [4.78, 5) is 12.3. The quantitative estimate of drug-likeness (QED) is 0.251. The molecule has 6 nitrogen and oxygen atoms in total. The van der Waals surface area contributed by atoms with E-state index in [-0.39, 0.29) is 12.7 Å². The fourth-order valence-electron chi connectivity index (χ4n) is 2.20. The van der Waals surface area contributed by atoms with Crippen molar-refractivity contribution in [3.63, 3.8) is 0 Å². The second kappa shape index (κ2) is 9.01. The molecule has 1 aliphatic carbocycles. The van der Waals surface area contributed by atoms with Gasteiger partial charge in [0.2, 0.25) is 0 Å². The van der Waals surface area contributed by atoms with E-state index >= 15 is 0 Å². The van der Waals surface area contributed by atoms with Crippen molar-refractivity contribution >= 4 is 18.0 Å². The number of rotatable bonds is 7. The summed E-state index contributed by atoms with van der Waals surface area (Å²) < 4.78 is 14.9. The van der Waals surface area contributed by atoms with Gasteiger partial charge in [-0.15, -0.1) is 0 Å². The Morgan fingerprint density at radius 1 is 1.19 bits per heavy atom. The lowest BCUT2D eigenvalue weighted by Gasteiger charge is -2.21. The van der Waals surface area contributed by atoms with Gasteiger partial charge in [0.15, 0.2) is 0 Å². The first-order valence-corrected chi connectivity index (χ1v) is 7.57. The third kappa shape index (κ3) is 6.03. The minimum absolute atomic E-state index is 0.0334. The molecule has 0 atom stereocenters. The third-order valence-electron chi connectivity index (χ3n) is 3.20. The van der Waals surface area contributed by atoms with Gasteiger partial charge in [-0.25, -0.2) is 4.79 Å². The maximum absolute atomic E-state index is 11.7. The van der Waals surface area contributed by atoms with E-state index in [0.29, 0.717) is 10.6 Å². The molecule has 0 amide bonds. The molecule has 1 saturated carbocycles. The largest absolute Gasteiger partial charge is 0.691 e. The van der Waals surface area contributed by atoms with Crippen LogP contribution in [0.25, 0.3) is 0 Å². The average molecular weight is 313 g/mol. The molecule has 21 heavy (non-hydrogen) atoms. The predicted octanol–water partition coefficient (Wildman–Crippen LogP) is 2.17. The van der Waals surface area contributed by atoms with Gasteiger partial charge in [-0.05, 0) is 37.1 Å². The Hall–Kier alpha value is -1.12. The molecule has 1 aromatic carbocycles. The first-order chi connectivity index (χ1) is 10.3. The molecule has 2 rings (SSSR count). The van der Waals surface area contributed by atoms with Crippen molar-refractivity contribution < 1.29 is 28.9 Å².